The Labute approximate surface area is 122 Å². The Morgan fingerprint density at radius 3 is 2.68 bits per heavy atom. The molecule has 0 aromatic carbocycles. The van der Waals surface area contributed by atoms with Crippen molar-refractivity contribution in [2.75, 3.05) is 6.54 Å². The van der Waals surface area contributed by atoms with Crippen molar-refractivity contribution in [1.82, 2.24) is 4.72 Å². The van der Waals surface area contributed by atoms with Gasteiger partial charge in [0.05, 0.1) is 6.54 Å². The molecule has 0 amide bonds. The van der Waals surface area contributed by atoms with E-state index >= 15 is 0 Å². The topological polar surface area (TPSA) is 85.3 Å². The molecule has 19 heavy (non-hydrogen) atoms. The van der Waals surface area contributed by atoms with Crippen molar-refractivity contribution in [3.05, 3.63) is 16.5 Å². The molecule has 0 aliphatic heterocycles. The summed E-state index contributed by atoms with van der Waals surface area (Å²) < 4.78 is 32.5. The van der Waals surface area contributed by atoms with E-state index in [1.54, 1.807) is 0 Å². The van der Waals surface area contributed by atoms with Gasteiger partial charge in [-0.25, -0.2) is 13.1 Å². The molecular weight excluding hydrogens is 332 g/mol. The Morgan fingerprint density at radius 1 is 1.53 bits per heavy atom. The molecule has 0 atom stereocenters. The fourth-order valence-electron chi connectivity index (χ4n) is 2.23. The van der Waals surface area contributed by atoms with Crippen molar-refractivity contribution < 1.29 is 12.8 Å². The first-order chi connectivity index (χ1) is 8.92. The summed E-state index contributed by atoms with van der Waals surface area (Å²) in [6, 6.07) is 1.46. The van der Waals surface area contributed by atoms with Gasteiger partial charge in [-0.2, -0.15) is 0 Å². The zero-order valence-corrected chi connectivity index (χ0v) is 13.3. The van der Waals surface area contributed by atoms with E-state index in [-0.39, 0.29) is 21.5 Å². The lowest BCUT2D eigenvalue weighted by molar-refractivity contribution is 0.448. The second-order valence-corrected chi connectivity index (χ2v) is 7.58. The molecule has 0 unspecified atom stereocenters. The molecule has 0 saturated heterocycles. The van der Waals surface area contributed by atoms with Crippen LogP contribution in [0.25, 0.3) is 0 Å². The van der Waals surface area contributed by atoms with Crippen LogP contribution in [-0.4, -0.2) is 15.0 Å². The molecule has 5 nitrogen and oxygen atoms in total. The lowest BCUT2D eigenvalue weighted by Gasteiger charge is -2.14. The molecular formula is C12H19BrN2O3S. The van der Waals surface area contributed by atoms with E-state index in [4.69, 9.17) is 10.2 Å². The number of hydrogen-bond acceptors (Lipinski definition) is 4. The number of furan rings is 1. The molecule has 3 N–H and O–H groups in total. The second kappa shape index (κ2) is 5.55. The molecule has 1 aromatic heterocycles. The summed E-state index contributed by atoms with van der Waals surface area (Å²) in [5, 5.41) is 0. The summed E-state index contributed by atoms with van der Waals surface area (Å²) >= 11 is 3.12. The molecule has 1 fully saturated rings. The molecule has 1 heterocycles. The van der Waals surface area contributed by atoms with Crippen LogP contribution in [0.1, 0.15) is 38.4 Å². The van der Waals surface area contributed by atoms with E-state index in [0.717, 1.165) is 25.7 Å². The van der Waals surface area contributed by atoms with Crippen LogP contribution in [0.15, 0.2) is 20.0 Å². The Hall–Kier alpha value is -0.370. The van der Waals surface area contributed by atoms with Gasteiger partial charge in [-0.1, -0.05) is 13.3 Å². The minimum Gasteiger partial charge on any atom is -0.452 e. The van der Waals surface area contributed by atoms with Crippen LogP contribution in [0.2, 0.25) is 0 Å². The van der Waals surface area contributed by atoms with Crippen molar-refractivity contribution >= 4 is 26.0 Å². The van der Waals surface area contributed by atoms with Crippen LogP contribution in [0, 0.1) is 5.41 Å². The highest BCUT2D eigenvalue weighted by atomic mass is 79.9. The Bertz CT molecular complexity index is 549. The maximum Gasteiger partial charge on any atom is 0.244 e. The standard InChI is InChI=1S/C12H19BrN2O3S/c1-2-3-12(4-5-12)8-15-19(16,17)10-6-9(7-14)18-11(10)13/h6,15H,2-5,7-8,14H2,1H3. The van der Waals surface area contributed by atoms with Gasteiger partial charge in [0.1, 0.15) is 10.7 Å². The Kier molecular flexibility index (Phi) is 4.39. The van der Waals surface area contributed by atoms with E-state index < -0.39 is 10.0 Å². The summed E-state index contributed by atoms with van der Waals surface area (Å²) in [6.45, 7) is 2.79. The van der Waals surface area contributed by atoms with Gasteiger partial charge < -0.3 is 10.2 Å². The van der Waals surface area contributed by atoms with Gasteiger partial charge >= 0.3 is 0 Å². The molecule has 1 aliphatic carbocycles. The highest BCUT2D eigenvalue weighted by molar-refractivity contribution is 9.10. The van der Waals surface area contributed by atoms with Crippen LogP contribution in [0.5, 0.6) is 0 Å². The molecule has 0 radical (unpaired) electrons. The van der Waals surface area contributed by atoms with Crippen LogP contribution in [-0.2, 0) is 16.6 Å². The first kappa shape index (κ1) is 15.0. The van der Waals surface area contributed by atoms with E-state index in [9.17, 15) is 8.42 Å². The van der Waals surface area contributed by atoms with Gasteiger partial charge in [0.15, 0.2) is 4.67 Å². The number of rotatable bonds is 7. The normalized spacial score (nSPS) is 17.6. The van der Waals surface area contributed by atoms with Gasteiger partial charge in [-0.05, 0) is 40.6 Å². The SMILES string of the molecule is CCCC1(CNS(=O)(=O)c2cc(CN)oc2Br)CC1. The van der Waals surface area contributed by atoms with Crippen molar-refractivity contribution in [2.45, 2.75) is 44.0 Å². The third-order valence-electron chi connectivity index (χ3n) is 3.57. The number of hydrogen-bond donors (Lipinski definition) is 2. The largest absolute Gasteiger partial charge is 0.452 e. The Balaban J connectivity index is 2.08. The molecule has 1 aliphatic rings. The molecule has 0 spiro atoms. The number of sulfonamides is 1. The van der Waals surface area contributed by atoms with E-state index in [1.165, 1.54) is 6.07 Å². The van der Waals surface area contributed by atoms with Gasteiger partial charge in [0.25, 0.3) is 0 Å². The minimum absolute atomic E-state index is 0.125. The average molecular weight is 351 g/mol. The van der Waals surface area contributed by atoms with Crippen LogP contribution in [0.3, 0.4) is 0 Å². The molecule has 1 aromatic rings. The predicted octanol–water partition coefficient (Wildman–Crippen LogP) is 2.36. The van der Waals surface area contributed by atoms with Crippen LogP contribution in [0.4, 0.5) is 0 Å². The number of nitrogens with two attached hydrogens (primary N) is 1. The first-order valence-corrected chi connectivity index (χ1v) is 8.68. The monoisotopic (exact) mass is 350 g/mol. The van der Waals surface area contributed by atoms with Gasteiger partial charge in [0, 0.05) is 12.6 Å². The van der Waals surface area contributed by atoms with E-state index in [2.05, 4.69) is 27.6 Å². The maximum absolute atomic E-state index is 12.2. The second-order valence-electron chi connectivity index (χ2n) is 5.13. The summed E-state index contributed by atoms with van der Waals surface area (Å²) in [4.78, 5) is 0.125. The molecule has 0 bridgehead atoms. The fraction of sp³-hybridized carbons (Fsp3) is 0.667. The summed E-state index contributed by atoms with van der Waals surface area (Å²) in [6.07, 6.45) is 4.35. The lowest BCUT2D eigenvalue weighted by Crippen LogP contribution is -2.30. The third kappa shape index (κ3) is 3.39. The lowest BCUT2D eigenvalue weighted by atomic mass is 10.0. The van der Waals surface area contributed by atoms with Crippen LogP contribution >= 0.6 is 15.9 Å². The highest BCUT2D eigenvalue weighted by Gasteiger charge is 2.42. The summed E-state index contributed by atoms with van der Waals surface area (Å²) in [5.74, 6) is 0.446. The van der Waals surface area contributed by atoms with Gasteiger partial charge in [-0.15, -0.1) is 0 Å². The minimum atomic E-state index is -3.54. The zero-order valence-electron chi connectivity index (χ0n) is 10.9. The number of nitrogens with one attached hydrogen (secondary N) is 1. The Morgan fingerprint density at radius 2 is 2.21 bits per heavy atom. The predicted molar refractivity (Wildman–Crippen MR) is 76.1 cm³/mol. The molecule has 108 valence electrons. The molecule has 7 heteroatoms. The fourth-order valence-corrected chi connectivity index (χ4v) is 4.38. The highest BCUT2D eigenvalue weighted by Crippen LogP contribution is 2.49. The summed E-state index contributed by atoms with van der Waals surface area (Å²) in [7, 11) is -3.54. The average Bonchev–Trinajstić information content (AvgIpc) is 3.01. The smallest absolute Gasteiger partial charge is 0.244 e. The van der Waals surface area contributed by atoms with E-state index in [1.807, 2.05) is 0 Å². The van der Waals surface area contributed by atoms with Crippen molar-refractivity contribution in [3.63, 3.8) is 0 Å². The third-order valence-corrected chi connectivity index (χ3v) is 5.83. The maximum atomic E-state index is 12.2. The quantitative estimate of drug-likeness (QED) is 0.790. The number of halogens is 1. The molecule has 1 saturated carbocycles. The van der Waals surface area contributed by atoms with Crippen LogP contribution < -0.4 is 10.5 Å². The van der Waals surface area contributed by atoms with Crippen molar-refractivity contribution in [2.24, 2.45) is 11.1 Å². The van der Waals surface area contributed by atoms with Crippen molar-refractivity contribution in [1.29, 1.82) is 0 Å². The molecule has 2 rings (SSSR count). The summed E-state index contributed by atoms with van der Waals surface area (Å²) in [5.41, 5.74) is 5.61. The first-order valence-electron chi connectivity index (χ1n) is 6.40. The van der Waals surface area contributed by atoms with E-state index in [0.29, 0.717) is 12.3 Å². The van der Waals surface area contributed by atoms with Gasteiger partial charge in [-0.3, -0.25) is 0 Å². The van der Waals surface area contributed by atoms with Crippen molar-refractivity contribution in [3.8, 4) is 0 Å². The zero-order chi connectivity index (χ0) is 14.1. The van der Waals surface area contributed by atoms with Gasteiger partial charge in [0.2, 0.25) is 10.0 Å².